The average molecular weight is 261 g/mol. The van der Waals surface area contributed by atoms with Gasteiger partial charge in [-0.1, -0.05) is 12.8 Å². The van der Waals surface area contributed by atoms with Crippen molar-refractivity contribution in [1.82, 2.24) is 19.6 Å². The summed E-state index contributed by atoms with van der Waals surface area (Å²) in [5, 5.41) is 17.7. The van der Waals surface area contributed by atoms with E-state index in [0.29, 0.717) is 12.6 Å². The van der Waals surface area contributed by atoms with E-state index in [9.17, 15) is 5.11 Å². The third kappa shape index (κ3) is 2.16. The number of hydrogen-bond donors (Lipinski definition) is 1. The Morgan fingerprint density at radius 2 is 2.16 bits per heavy atom. The largest absolute Gasteiger partial charge is 0.395 e. The van der Waals surface area contributed by atoms with Crippen molar-refractivity contribution in [3.05, 3.63) is 18.2 Å². The smallest absolute Gasteiger partial charge is 0.203 e. The molecule has 0 aromatic carbocycles. The summed E-state index contributed by atoms with van der Waals surface area (Å²) < 4.78 is 1.95. The van der Waals surface area contributed by atoms with E-state index in [1.807, 2.05) is 17.5 Å². The van der Waals surface area contributed by atoms with Crippen LogP contribution in [0.3, 0.4) is 0 Å². The summed E-state index contributed by atoms with van der Waals surface area (Å²) in [7, 11) is 0. The van der Waals surface area contributed by atoms with Gasteiger partial charge in [-0.2, -0.15) is 0 Å². The molecule has 1 N–H and O–H groups in total. The van der Waals surface area contributed by atoms with Gasteiger partial charge in [-0.05, 0) is 19.8 Å². The summed E-state index contributed by atoms with van der Waals surface area (Å²) in [6, 6.07) is 0.461. The third-order valence-electron chi connectivity index (χ3n) is 3.86. The first kappa shape index (κ1) is 12.3. The molecule has 0 radical (unpaired) electrons. The van der Waals surface area contributed by atoms with Gasteiger partial charge in [0.25, 0.3) is 0 Å². The van der Waals surface area contributed by atoms with Gasteiger partial charge in [0.1, 0.15) is 5.82 Å². The van der Waals surface area contributed by atoms with Crippen molar-refractivity contribution in [1.29, 1.82) is 0 Å². The van der Waals surface area contributed by atoms with E-state index in [1.54, 1.807) is 6.20 Å². The van der Waals surface area contributed by atoms with E-state index in [-0.39, 0.29) is 6.61 Å². The van der Waals surface area contributed by atoms with Crippen LogP contribution in [-0.2, 0) is 0 Å². The van der Waals surface area contributed by atoms with Crippen LogP contribution in [0.4, 0.5) is 5.82 Å². The van der Waals surface area contributed by atoms with Gasteiger partial charge in [0.05, 0.1) is 6.61 Å². The fraction of sp³-hybridized carbons (Fsp3) is 0.615. The molecular formula is C13H19N5O. The molecule has 2 heterocycles. The van der Waals surface area contributed by atoms with Gasteiger partial charge in [-0.3, -0.25) is 4.40 Å². The normalized spacial score (nSPS) is 16.3. The zero-order valence-electron chi connectivity index (χ0n) is 11.2. The minimum Gasteiger partial charge on any atom is -0.395 e. The van der Waals surface area contributed by atoms with E-state index < -0.39 is 0 Å². The summed E-state index contributed by atoms with van der Waals surface area (Å²) in [4.78, 5) is 6.67. The lowest BCUT2D eigenvalue weighted by Gasteiger charge is -2.29. The van der Waals surface area contributed by atoms with Crippen molar-refractivity contribution in [2.75, 3.05) is 18.1 Å². The lowest BCUT2D eigenvalue weighted by Crippen LogP contribution is -2.36. The molecule has 1 fully saturated rings. The number of nitrogens with zero attached hydrogens (tertiary/aromatic N) is 5. The Hall–Kier alpha value is -1.69. The summed E-state index contributed by atoms with van der Waals surface area (Å²) in [5.41, 5.74) is 0.778. The molecule has 19 heavy (non-hydrogen) atoms. The third-order valence-corrected chi connectivity index (χ3v) is 3.86. The fourth-order valence-corrected chi connectivity index (χ4v) is 2.92. The Labute approximate surface area is 112 Å². The molecule has 0 spiro atoms. The van der Waals surface area contributed by atoms with Gasteiger partial charge in [-0.25, -0.2) is 4.98 Å². The molecule has 0 amide bonds. The first-order valence-corrected chi connectivity index (χ1v) is 6.85. The highest BCUT2D eigenvalue weighted by Crippen LogP contribution is 2.28. The minimum absolute atomic E-state index is 0.131. The standard InChI is InChI=1S/C13H19N5O/c1-10-15-16-13-12(14-6-7-17(10)13)18(8-9-19)11-4-2-3-5-11/h6-7,11,19H,2-5,8-9H2,1H3. The van der Waals surface area contributed by atoms with Crippen LogP contribution in [0.5, 0.6) is 0 Å². The number of anilines is 1. The second-order valence-electron chi connectivity index (χ2n) is 5.05. The molecule has 1 saturated carbocycles. The van der Waals surface area contributed by atoms with Gasteiger partial charge < -0.3 is 10.0 Å². The molecule has 3 rings (SSSR count). The molecule has 102 valence electrons. The molecule has 0 unspecified atom stereocenters. The minimum atomic E-state index is 0.131. The average Bonchev–Trinajstić information content (AvgIpc) is 3.06. The second kappa shape index (κ2) is 5.13. The van der Waals surface area contributed by atoms with Gasteiger partial charge in [-0.15, -0.1) is 10.2 Å². The van der Waals surface area contributed by atoms with Gasteiger partial charge in [0, 0.05) is 25.0 Å². The summed E-state index contributed by atoms with van der Waals surface area (Å²) in [6.45, 7) is 2.66. The molecule has 1 aliphatic rings. The number of aromatic nitrogens is 4. The quantitative estimate of drug-likeness (QED) is 0.895. The second-order valence-corrected chi connectivity index (χ2v) is 5.05. The number of aliphatic hydroxyl groups is 1. The predicted octanol–water partition coefficient (Wildman–Crippen LogP) is 1.17. The Morgan fingerprint density at radius 1 is 1.37 bits per heavy atom. The van der Waals surface area contributed by atoms with Crippen LogP contribution in [0, 0.1) is 6.92 Å². The maximum atomic E-state index is 9.32. The molecule has 1 aliphatic carbocycles. The Balaban J connectivity index is 2.03. The Bertz CT molecular complexity index is 561. The van der Waals surface area contributed by atoms with Gasteiger partial charge >= 0.3 is 0 Å². The van der Waals surface area contributed by atoms with E-state index in [0.717, 1.165) is 30.1 Å². The van der Waals surface area contributed by atoms with E-state index in [2.05, 4.69) is 20.1 Å². The van der Waals surface area contributed by atoms with Crippen LogP contribution in [0.2, 0.25) is 0 Å². The maximum Gasteiger partial charge on any atom is 0.203 e. The molecule has 0 bridgehead atoms. The highest BCUT2D eigenvalue weighted by atomic mass is 16.3. The molecule has 2 aromatic heterocycles. The van der Waals surface area contributed by atoms with Crippen LogP contribution < -0.4 is 4.90 Å². The molecule has 0 atom stereocenters. The molecule has 2 aromatic rings. The summed E-state index contributed by atoms with van der Waals surface area (Å²) in [5.74, 6) is 1.69. The van der Waals surface area contributed by atoms with Gasteiger partial charge in [0.15, 0.2) is 5.82 Å². The first-order valence-electron chi connectivity index (χ1n) is 6.85. The topological polar surface area (TPSA) is 66.5 Å². The SMILES string of the molecule is Cc1nnc2c(N(CCO)C3CCCC3)nccn12. The predicted molar refractivity (Wildman–Crippen MR) is 72.2 cm³/mol. The van der Waals surface area contributed by atoms with Crippen LogP contribution >= 0.6 is 0 Å². The number of aliphatic hydroxyl groups excluding tert-OH is 1. The van der Waals surface area contributed by atoms with Gasteiger partial charge in [0.2, 0.25) is 5.65 Å². The lowest BCUT2D eigenvalue weighted by atomic mass is 10.2. The number of aryl methyl sites for hydroxylation is 1. The number of rotatable bonds is 4. The molecule has 6 heteroatoms. The lowest BCUT2D eigenvalue weighted by molar-refractivity contribution is 0.297. The zero-order chi connectivity index (χ0) is 13.2. The molecule has 6 nitrogen and oxygen atoms in total. The van der Waals surface area contributed by atoms with Crippen molar-refractivity contribution < 1.29 is 5.11 Å². The van der Waals surface area contributed by atoms with Crippen molar-refractivity contribution in [3.63, 3.8) is 0 Å². The van der Waals surface area contributed by atoms with Crippen LogP contribution in [0.25, 0.3) is 5.65 Å². The van der Waals surface area contributed by atoms with Crippen molar-refractivity contribution in [2.24, 2.45) is 0 Å². The van der Waals surface area contributed by atoms with E-state index in [1.165, 1.54) is 12.8 Å². The van der Waals surface area contributed by atoms with Crippen molar-refractivity contribution in [3.8, 4) is 0 Å². The Morgan fingerprint density at radius 3 is 2.89 bits per heavy atom. The van der Waals surface area contributed by atoms with Crippen molar-refractivity contribution >= 4 is 11.5 Å². The number of hydrogen-bond acceptors (Lipinski definition) is 5. The van der Waals surface area contributed by atoms with Crippen LogP contribution in [-0.4, -0.2) is 43.9 Å². The van der Waals surface area contributed by atoms with E-state index >= 15 is 0 Å². The van der Waals surface area contributed by atoms with E-state index in [4.69, 9.17) is 0 Å². The molecular weight excluding hydrogens is 242 g/mol. The van der Waals surface area contributed by atoms with Crippen LogP contribution in [0.1, 0.15) is 31.5 Å². The summed E-state index contributed by atoms with van der Waals surface area (Å²) in [6.07, 6.45) is 8.48. The summed E-state index contributed by atoms with van der Waals surface area (Å²) >= 11 is 0. The zero-order valence-corrected chi connectivity index (χ0v) is 11.2. The first-order chi connectivity index (χ1) is 9.31. The highest BCUT2D eigenvalue weighted by molar-refractivity contribution is 5.64. The van der Waals surface area contributed by atoms with Crippen LogP contribution in [0.15, 0.2) is 12.4 Å². The van der Waals surface area contributed by atoms with Crippen molar-refractivity contribution in [2.45, 2.75) is 38.6 Å². The Kier molecular flexibility index (Phi) is 3.33. The monoisotopic (exact) mass is 261 g/mol. The maximum absolute atomic E-state index is 9.32. The fourth-order valence-electron chi connectivity index (χ4n) is 2.92. The highest BCUT2D eigenvalue weighted by Gasteiger charge is 2.25. The number of fused-ring (bicyclic) bond motifs is 1. The molecule has 0 aliphatic heterocycles. The molecule has 0 saturated heterocycles.